The Morgan fingerprint density at radius 3 is 2.85 bits per heavy atom. The number of aromatic amines is 1. The molecule has 3 atom stereocenters. The highest BCUT2D eigenvalue weighted by Gasteiger charge is 2.51. The molecule has 1 aromatic heterocycles. The van der Waals surface area contributed by atoms with Crippen molar-refractivity contribution in [2.24, 2.45) is 11.3 Å². The van der Waals surface area contributed by atoms with Crippen molar-refractivity contribution in [1.82, 2.24) is 20.5 Å². The van der Waals surface area contributed by atoms with Crippen LogP contribution >= 0.6 is 0 Å². The van der Waals surface area contributed by atoms with Gasteiger partial charge in [-0.25, -0.2) is 0 Å². The van der Waals surface area contributed by atoms with Gasteiger partial charge in [0.2, 0.25) is 11.8 Å². The van der Waals surface area contributed by atoms with Crippen molar-refractivity contribution in [1.29, 1.82) is 0 Å². The summed E-state index contributed by atoms with van der Waals surface area (Å²) in [6.07, 6.45) is 10.5. The van der Waals surface area contributed by atoms with E-state index in [1.807, 2.05) is 18.2 Å². The van der Waals surface area contributed by atoms with E-state index in [2.05, 4.69) is 21.5 Å². The van der Waals surface area contributed by atoms with E-state index in [4.69, 9.17) is 11.2 Å². The van der Waals surface area contributed by atoms with E-state index in [1.165, 1.54) is 0 Å². The molecule has 2 saturated heterocycles. The summed E-state index contributed by atoms with van der Waals surface area (Å²) in [7, 11) is 1.60. The van der Waals surface area contributed by atoms with Gasteiger partial charge in [-0.05, 0) is 62.1 Å². The molecule has 3 N–H and O–H groups in total. The van der Waals surface area contributed by atoms with Gasteiger partial charge in [0.25, 0.3) is 5.91 Å². The molecule has 0 bridgehead atoms. The molecule has 178 valence electrons. The molecule has 1 aliphatic carbocycles. The number of nitrogens with one attached hydrogen (secondary N) is 3. The summed E-state index contributed by atoms with van der Waals surface area (Å²) in [5, 5.41) is 6.59. The van der Waals surface area contributed by atoms with E-state index in [0.717, 1.165) is 30.2 Å². The van der Waals surface area contributed by atoms with Crippen molar-refractivity contribution in [2.75, 3.05) is 20.2 Å². The maximum Gasteiger partial charge on any atom is 0.270 e. The number of likely N-dealkylation sites (tertiary alicyclic amines) is 1. The molecule has 3 heterocycles. The summed E-state index contributed by atoms with van der Waals surface area (Å²) in [5.74, 6) is 2.65. The lowest BCUT2D eigenvalue weighted by atomic mass is 9.87. The van der Waals surface area contributed by atoms with Crippen LogP contribution < -0.4 is 15.4 Å². The van der Waals surface area contributed by atoms with Crippen LogP contribution in [0.25, 0.3) is 10.9 Å². The van der Waals surface area contributed by atoms with Gasteiger partial charge >= 0.3 is 0 Å². The number of rotatable bonds is 6. The fourth-order valence-electron chi connectivity index (χ4n) is 5.41. The van der Waals surface area contributed by atoms with Crippen LogP contribution in [0.3, 0.4) is 0 Å². The first-order valence-electron chi connectivity index (χ1n) is 11.9. The number of amides is 3. The van der Waals surface area contributed by atoms with Crippen LogP contribution in [-0.4, -0.2) is 59.9 Å². The molecule has 3 aliphatic rings. The number of carbonyl (C=O) groups is 3. The molecular formula is C26H30N4O4. The molecule has 2 aromatic rings. The Bertz CT molecular complexity index is 1180. The van der Waals surface area contributed by atoms with Crippen LogP contribution in [0.2, 0.25) is 0 Å². The van der Waals surface area contributed by atoms with Gasteiger partial charge in [0.05, 0.1) is 13.2 Å². The average Bonchev–Trinajstić information content (AvgIpc) is 3.25. The van der Waals surface area contributed by atoms with Gasteiger partial charge < -0.3 is 25.3 Å². The number of terminal acetylenes is 1. The smallest absolute Gasteiger partial charge is 0.270 e. The number of hydrogen-bond donors (Lipinski definition) is 3. The Morgan fingerprint density at radius 2 is 2.18 bits per heavy atom. The van der Waals surface area contributed by atoms with E-state index in [-0.39, 0.29) is 29.1 Å². The van der Waals surface area contributed by atoms with Crippen molar-refractivity contribution in [3.63, 3.8) is 0 Å². The Kier molecular flexibility index (Phi) is 5.72. The number of aromatic nitrogens is 1. The van der Waals surface area contributed by atoms with E-state index in [0.29, 0.717) is 43.8 Å². The van der Waals surface area contributed by atoms with E-state index in [1.54, 1.807) is 18.1 Å². The average molecular weight is 463 g/mol. The lowest BCUT2D eigenvalue weighted by Crippen LogP contribution is -2.55. The molecular weight excluding hydrogens is 432 g/mol. The third-order valence-corrected chi connectivity index (χ3v) is 7.68. The number of hydrogen-bond acceptors (Lipinski definition) is 4. The fourth-order valence-corrected chi connectivity index (χ4v) is 5.41. The lowest BCUT2D eigenvalue weighted by Gasteiger charge is -2.39. The number of H-pyrrole nitrogens is 1. The second kappa shape index (κ2) is 8.71. The minimum absolute atomic E-state index is 0.0184. The maximum absolute atomic E-state index is 13.6. The Morgan fingerprint density at radius 1 is 1.35 bits per heavy atom. The second-order valence-corrected chi connectivity index (χ2v) is 9.81. The Labute approximate surface area is 198 Å². The van der Waals surface area contributed by atoms with E-state index < -0.39 is 12.1 Å². The number of carbonyl (C=O) groups excluding carboxylic acids is 3. The van der Waals surface area contributed by atoms with Crippen molar-refractivity contribution in [2.45, 2.75) is 50.6 Å². The largest absolute Gasteiger partial charge is 0.496 e. The molecule has 34 heavy (non-hydrogen) atoms. The third-order valence-electron chi connectivity index (χ3n) is 7.68. The maximum atomic E-state index is 13.6. The number of piperidine rings is 1. The first kappa shape index (κ1) is 22.3. The number of benzene rings is 1. The molecule has 3 amide bonds. The lowest BCUT2D eigenvalue weighted by molar-refractivity contribution is -0.128. The molecule has 1 saturated carbocycles. The topological polar surface area (TPSA) is 104 Å². The van der Waals surface area contributed by atoms with Crippen LogP contribution in [0.15, 0.2) is 24.3 Å². The molecule has 0 radical (unpaired) electrons. The molecule has 3 fully saturated rings. The quantitative estimate of drug-likeness (QED) is 0.573. The van der Waals surface area contributed by atoms with Crippen LogP contribution in [0, 0.1) is 23.7 Å². The summed E-state index contributed by atoms with van der Waals surface area (Å²) in [6, 6.07) is 6.26. The van der Waals surface area contributed by atoms with Crippen molar-refractivity contribution in [3.8, 4) is 18.1 Å². The monoisotopic (exact) mass is 462 g/mol. The fraction of sp³-hybridized carbons (Fsp3) is 0.500. The van der Waals surface area contributed by atoms with E-state index >= 15 is 0 Å². The highest BCUT2D eigenvalue weighted by molar-refractivity contribution is 6.01. The third kappa shape index (κ3) is 4.11. The van der Waals surface area contributed by atoms with Crippen LogP contribution in [0.5, 0.6) is 5.75 Å². The summed E-state index contributed by atoms with van der Waals surface area (Å²) in [5.41, 5.74) is 1.39. The molecule has 1 spiro atoms. The highest BCUT2D eigenvalue weighted by atomic mass is 16.5. The standard InChI is InChI=1S/C26H30N4O4/c1-3-17(13-16-7-11-27-23(16)31)28-24(32)21-15-26(8-9-26)10-12-30(21)25(33)20-14-18-19(29-20)5-4-6-22(18)34-2/h1,4-6,14,16-17,21,29H,7-13,15H2,2H3,(H,27,31)(H,28,32)/t16-,17+,21-/m0/s1. The van der Waals surface area contributed by atoms with Gasteiger partial charge in [-0.3, -0.25) is 14.4 Å². The Balaban J connectivity index is 1.35. The first-order chi connectivity index (χ1) is 16.4. The summed E-state index contributed by atoms with van der Waals surface area (Å²) in [4.78, 5) is 43.8. The Hall–Kier alpha value is -3.47. The van der Waals surface area contributed by atoms with Gasteiger partial charge in [-0.2, -0.15) is 0 Å². The zero-order valence-corrected chi connectivity index (χ0v) is 19.4. The zero-order chi connectivity index (χ0) is 23.9. The van der Waals surface area contributed by atoms with Gasteiger partial charge in [0.1, 0.15) is 17.5 Å². The summed E-state index contributed by atoms with van der Waals surface area (Å²) < 4.78 is 5.42. The molecule has 0 unspecified atom stereocenters. The minimum Gasteiger partial charge on any atom is -0.496 e. The predicted octanol–water partition coefficient (Wildman–Crippen LogP) is 2.21. The SMILES string of the molecule is C#C[C@H](C[C@@H]1CCNC1=O)NC(=O)[C@@H]1CC2(CCN1C(=O)c1cc3c(OC)cccc3[nH]1)CC2. The predicted molar refractivity (Wildman–Crippen MR) is 127 cm³/mol. The first-order valence-corrected chi connectivity index (χ1v) is 11.9. The summed E-state index contributed by atoms with van der Waals surface area (Å²) >= 11 is 0. The number of nitrogens with zero attached hydrogens (tertiary/aromatic N) is 1. The van der Waals surface area contributed by atoms with Crippen molar-refractivity contribution >= 4 is 28.6 Å². The molecule has 2 aliphatic heterocycles. The van der Waals surface area contributed by atoms with Crippen LogP contribution in [0.1, 0.15) is 49.0 Å². The van der Waals surface area contributed by atoms with Gasteiger partial charge in [0.15, 0.2) is 0 Å². The van der Waals surface area contributed by atoms with Crippen molar-refractivity contribution < 1.29 is 19.1 Å². The second-order valence-electron chi connectivity index (χ2n) is 9.81. The number of ether oxygens (including phenoxy) is 1. The number of methoxy groups -OCH3 is 1. The van der Waals surface area contributed by atoms with Gasteiger partial charge in [-0.1, -0.05) is 12.0 Å². The van der Waals surface area contributed by atoms with Crippen LogP contribution in [-0.2, 0) is 9.59 Å². The molecule has 8 heteroatoms. The van der Waals surface area contributed by atoms with Gasteiger partial charge in [-0.15, -0.1) is 6.42 Å². The minimum atomic E-state index is -0.592. The molecule has 5 rings (SSSR count). The van der Waals surface area contributed by atoms with E-state index in [9.17, 15) is 14.4 Å². The van der Waals surface area contributed by atoms with Gasteiger partial charge in [0, 0.05) is 29.9 Å². The molecule has 1 aromatic carbocycles. The summed E-state index contributed by atoms with van der Waals surface area (Å²) in [6.45, 7) is 1.16. The molecule has 8 nitrogen and oxygen atoms in total. The zero-order valence-electron chi connectivity index (χ0n) is 19.4. The highest BCUT2D eigenvalue weighted by Crippen LogP contribution is 2.55. The van der Waals surface area contributed by atoms with Crippen molar-refractivity contribution in [3.05, 3.63) is 30.0 Å². The normalized spacial score (nSPS) is 23.9. The number of fused-ring (bicyclic) bond motifs is 1. The van der Waals surface area contributed by atoms with Crippen LogP contribution in [0.4, 0.5) is 0 Å².